The Balaban J connectivity index is 1.85. The second-order valence-corrected chi connectivity index (χ2v) is 9.57. The van der Waals surface area contributed by atoms with Crippen LogP contribution in [-0.4, -0.2) is 45.4 Å². The number of alkyl halides is 1. The van der Waals surface area contributed by atoms with Gasteiger partial charge < -0.3 is 10.2 Å². The summed E-state index contributed by atoms with van der Waals surface area (Å²) >= 11 is 0. The Hall–Kier alpha value is -1.66. The van der Waals surface area contributed by atoms with Gasteiger partial charge in [-0.1, -0.05) is 25.5 Å². The summed E-state index contributed by atoms with van der Waals surface area (Å²) in [6.07, 6.45) is 5.35. The summed E-state index contributed by atoms with van der Waals surface area (Å²) in [5.74, 6) is -3.01. The Morgan fingerprint density at radius 3 is 2.61 bits per heavy atom. The maximum atomic E-state index is 16.8. The summed E-state index contributed by atoms with van der Waals surface area (Å²) in [6, 6.07) is 0. The van der Waals surface area contributed by atoms with Gasteiger partial charge in [-0.25, -0.2) is 4.39 Å². The van der Waals surface area contributed by atoms with E-state index >= 15 is 4.39 Å². The highest BCUT2D eigenvalue weighted by atomic mass is 19.1. The third kappa shape index (κ3) is 1.96. The van der Waals surface area contributed by atoms with Gasteiger partial charge in [0.05, 0.1) is 0 Å². The SMILES string of the molecule is C[C@@H]1C[C@H]2[C@@H]3CCC4=CC(=O)C=C[C@]4(C)[C@@]3(F)C(=O)C[C@]2(C)[C@@]1(O)C(=O)CO. The van der Waals surface area contributed by atoms with E-state index < -0.39 is 52.1 Å². The van der Waals surface area contributed by atoms with E-state index in [4.69, 9.17) is 0 Å². The van der Waals surface area contributed by atoms with E-state index in [0.717, 1.165) is 0 Å². The number of aliphatic hydroxyl groups is 2. The van der Waals surface area contributed by atoms with E-state index in [-0.39, 0.29) is 18.1 Å². The van der Waals surface area contributed by atoms with Crippen LogP contribution in [-0.2, 0) is 14.4 Å². The Labute approximate surface area is 163 Å². The predicted molar refractivity (Wildman–Crippen MR) is 98.9 cm³/mol. The Morgan fingerprint density at radius 2 is 1.96 bits per heavy atom. The first-order valence-electron chi connectivity index (χ1n) is 9.99. The van der Waals surface area contributed by atoms with E-state index in [0.29, 0.717) is 24.8 Å². The number of carbonyl (C=O) groups excluding carboxylic acids is 3. The Morgan fingerprint density at radius 1 is 1.29 bits per heavy atom. The third-order valence-corrected chi connectivity index (χ3v) is 8.55. The lowest BCUT2D eigenvalue weighted by atomic mass is 9.45. The molecule has 0 amide bonds. The van der Waals surface area contributed by atoms with E-state index in [9.17, 15) is 24.6 Å². The van der Waals surface area contributed by atoms with Gasteiger partial charge in [0, 0.05) is 23.2 Å². The molecule has 4 aliphatic carbocycles. The molecule has 3 saturated carbocycles. The Kier molecular flexibility index (Phi) is 4.00. The molecule has 28 heavy (non-hydrogen) atoms. The summed E-state index contributed by atoms with van der Waals surface area (Å²) in [5, 5.41) is 20.8. The zero-order valence-corrected chi connectivity index (χ0v) is 16.5. The molecule has 0 aliphatic heterocycles. The monoisotopic (exact) mass is 390 g/mol. The molecule has 0 aromatic carbocycles. The van der Waals surface area contributed by atoms with Gasteiger partial charge in [0.1, 0.15) is 12.2 Å². The number of carbonyl (C=O) groups is 3. The Bertz CT molecular complexity index is 846. The number of hydrogen-bond acceptors (Lipinski definition) is 5. The normalized spacial score (nSPS) is 49.9. The first-order chi connectivity index (χ1) is 13.0. The first-order valence-corrected chi connectivity index (χ1v) is 9.99. The molecule has 0 aromatic rings. The van der Waals surface area contributed by atoms with Crippen molar-refractivity contribution in [2.24, 2.45) is 28.6 Å². The maximum Gasteiger partial charge on any atom is 0.190 e. The number of hydrogen-bond donors (Lipinski definition) is 2. The van der Waals surface area contributed by atoms with Crippen LogP contribution in [0.2, 0.25) is 0 Å². The standard InChI is InChI=1S/C22H27FO5/c1-12-8-16-15-5-4-13-9-14(25)6-7-19(13,2)21(15,23)17(26)10-20(16,3)22(12,28)18(27)11-24/h6-7,9,12,15-16,24,28H,4-5,8,10-11H2,1-3H3/t12-,15+,16+,19+,20+,21+,22+/m1/s1. The van der Waals surface area contributed by atoms with Crippen molar-refractivity contribution in [3.63, 3.8) is 0 Å². The molecule has 0 bridgehead atoms. The minimum absolute atomic E-state index is 0.194. The number of fused-ring (bicyclic) bond motifs is 5. The smallest absolute Gasteiger partial charge is 0.190 e. The fourth-order valence-corrected chi connectivity index (χ4v) is 6.99. The summed E-state index contributed by atoms with van der Waals surface area (Å²) in [5.41, 5.74) is -5.68. The van der Waals surface area contributed by atoms with Gasteiger partial charge in [-0.3, -0.25) is 14.4 Å². The molecular weight excluding hydrogens is 363 g/mol. The second kappa shape index (κ2) is 5.70. The highest BCUT2D eigenvalue weighted by Crippen LogP contribution is 2.69. The van der Waals surface area contributed by atoms with Crippen LogP contribution in [0.5, 0.6) is 0 Å². The molecule has 4 rings (SSSR count). The molecule has 0 spiro atoms. The van der Waals surface area contributed by atoms with Crippen molar-refractivity contribution in [1.29, 1.82) is 0 Å². The average Bonchev–Trinajstić information content (AvgIpc) is 2.84. The minimum atomic E-state index is -2.17. The van der Waals surface area contributed by atoms with Gasteiger partial charge in [-0.05, 0) is 50.2 Å². The van der Waals surface area contributed by atoms with Crippen molar-refractivity contribution in [3.05, 3.63) is 23.8 Å². The molecule has 152 valence electrons. The molecule has 0 radical (unpaired) electrons. The first kappa shape index (κ1) is 19.6. The van der Waals surface area contributed by atoms with Crippen LogP contribution < -0.4 is 0 Å². The van der Waals surface area contributed by atoms with Crippen LogP contribution in [0.25, 0.3) is 0 Å². The molecule has 0 saturated heterocycles. The number of ketones is 3. The molecule has 4 aliphatic rings. The van der Waals surface area contributed by atoms with Crippen LogP contribution >= 0.6 is 0 Å². The number of Topliss-reactive ketones (excluding diaryl/α,β-unsaturated/α-hetero) is 2. The molecular formula is C22H27FO5. The van der Waals surface area contributed by atoms with Crippen LogP contribution in [0.1, 0.15) is 46.5 Å². The zero-order valence-electron chi connectivity index (χ0n) is 16.5. The van der Waals surface area contributed by atoms with E-state index in [1.165, 1.54) is 18.2 Å². The molecule has 0 aromatic heterocycles. The largest absolute Gasteiger partial charge is 0.388 e. The van der Waals surface area contributed by atoms with Gasteiger partial charge in [0.25, 0.3) is 0 Å². The third-order valence-electron chi connectivity index (χ3n) is 8.55. The van der Waals surface area contributed by atoms with Crippen LogP contribution in [0.3, 0.4) is 0 Å². The van der Waals surface area contributed by atoms with Crippen molar-refractivity contribution in [2.75, 3.05) is 6.61 Å². The van der Waals surface area contributed by atoms with Gasteiger partial charge in [0.2, 0.25) is 0 Å². The minimum Gasteiger partial charge on any atom is -0.388 e. The number of aliphatic hydroxyl groups excluding tert-OH is 1. The van der Waals surface area contributed by atoms with Crippen LogP contribution in [0.4, 0.5) is 4.39 Å². The summed E-state index contributed by atoms with van der Waals surface area (Å²) in [4.78, 5) is 37.7. The summed E-state index contributed by atoms with van der Waals surface area (Å²) < 4.78 is 16.8. The average molecular weight is 390 g/mol. The van der Waals surface area contributed by atoms with Crippen molar-refractivity contribution < 1.29 is 29.0 Å². The molecule has 6 heteroatoms. The molecule has 0 unspecified atom stereocenters. The highest BCUT2D eigenvalue weighted by molar-refractivity contribution is 6.03. The fourth-order valence-electron chi connectivity index (χ4n) is 6.99. The number of allylic oxidation sites excluding steroid dienone is 4. The fraction of sp³-hybridized carbons (Fsp3) is 0.682. The van der Waals surface area contributed by atoms with Crippen LogP contribution in [0.15, 0.2) is 23.8 Å². The number of rotatable bonds is 2. The van der Waals surface area contributed by atoms with E-state index in [2.05, 4.69) is 0 Å². The second-order valence-electron chi connectivity index (χ2n) is 9.57. The zero-order chi connectivity index (χ0) is 20.7. The lowest BCUT2D eigenvalue weighted by Crippen LogP contribution is -2.68. The lowest BCUT2D eigenvalue weighted by molar-refractivity contribution is -0.187. The molecule has 0 heterocycles. The van der Waals surface area contributed by atoms with Crippen LogP contribution in [0, 0.1) is 28.6 Å². The van der Waals surface area contributed by atoms with Crippen molar-refractivity contribution >= 4 is 17.3 Å². The van der Waals surface area contributed by atoms with Gasteiger partial charge in [-0.15, -0.1) is 0 Å². The molecule has 5 nitrogen and oxygen atoms in total. The highest BCUT2D eigenvalue weighted by Gasteiger charge is 2.75. The van der Waals surface area contributed by atoms with Gasteiger partial charge in [0.15, 0.2) is 23.0 Å². The predicted octanol–water partition coefficient (Wildman–Crippen LogP) is 2.10. The van der Waals surface area contributed by atoms with Crippen molar-refractivity contribution in [3.8, 4) is 0 Å². The molecule has 3 fully saturated rings. The molecule has 2 N–H and O–H groups in total. The summed E-state index contributed by atoms with van der Waals surface area (Å²) in [6.45, 7) is 4.30. The summed E-state index contributed by atoms with van der Waals surface area (Å²) in [7, 11) is 0. The van der Waals surface area contributed by atoms with Gasteiger partial charge >= 0.3 is 0 Å². The van der Waals surface area contributed by atoms with Crippen molar-refractivity contribution in [2.45, 2.75) is 57.7 Å². The van der Waals surface area contributed by atoms with Crippen molar-refractivity contribution in [1.82, 2.24) is 0 Å². The van der Waals surface area contributed by atoms with Gasteiger partial charge in [-0.2, -0.15) is 0 Å². The topological polar surface area (TPSA) is 91.7 Å². The number of halogens is 1. The quantitative estimate of drug-likeness (QED) is 0.753. The molecule has 7 atom stereocenters. The van der Waals surface area contributed by atoms with E-state index in [1.807, 2.05) is 0 Å². The lowest BCUT2D eigenvalue weighted by Gasteiger charge is -2.59. The maximum absolute atomic E-state index is 16.8. The van der Waals surface area contributed by atoms with E-state index in [1.54, 1.807) is 20.8 Å².